The van der Waals surface area contributed by atoms with Crippen LogP contribution in [-0.2, 0) is 18.9 Å². The molecular formula is C7H11BO4. The fourth-order valence-corrected chi connectivity index (χ4v) is 1.59. The number of hydrogen-bond acceptors (Lipinski definition) is 4. The number of rotatable bonds is 5. The normalized spacial score (nSPS) is 17.0. The molecule has 0 amide bonds. The molecule has 1 rings (SSSR count). The fraction of sp³-hybridized carbons (Fsp3) is 0.714. The van der Waals surface area contributed by atoms with Crippen molar-refractivity contribution in [3.05, 3.63) is 0 Å². The Hall–Kier alpha value is -0.995. The summed E-state index contributed by atoms with van der Waals surface area (Å²) in [5.41, 5.74) is 0. The van der Waals surface area contributed by atoms with Crippen LogP contribution in [0.5, 0.6) is 0 Å². The summed E-state index contributed by atoms with van der Waals surface area (Å²) < 4.78 is 9.26. The number of hydrogen-bond donors (Lipinski definition) is 0. The van der Waals surface area contributed by atoms with Crippen LogP contribution in [-0.4, -0.2) is 20.1 Å². The lowest BCUT2D eigenvalue weighted by Crippen LogP contribution is -2.26. The van der Waals surface area contributed by atoms with Crippen molar-refractivity contribution in [1.29, 1.82) is 0 Å². The molecule has 5 heteroatoms. The maximum atomic E-state index is 10.0. The highest BCUT2D eigenvalue weighted by atomic mass is 16.6. The first-order valence-electron chi connectivity index (χ1n) is 4.06. The van der Waals surface area contributed by atoms with E-state index in [9.17, 15) is 9.59 Å². The Kier molecular flexibility index (Phi) is 3.64. The Morgan fingerprint density at radius 2 is 1.58 bits per heavy atom. The number of carbonyl (C=O) groups excluding carboxylic acids is 2. The topological polar surface area (TPSA) is 52.6 Å². The predicted octanol–water partition coefficient (Wildman–Crippen LogP) is 0.765. The zero-order valence-electron chi connectivity index (χ0n) is 6.77. The summed E-state index contributed by atoms with van der Waals surface area (Å²) in [4.78, 5) is 20.1. The van der Waals surface area contributed by atoms with Gasteiger partial charge in [-0.3, -0.25) is 9.59 Å². The van der Waals surface area contributed by atoms with Gasteiger partial charge in [0.1, 0.15) is 0 Å². The lowest BCUT2D eigenvalue weighted by Gasteiger charge is -2.12. The van der Waals surface area contributed by atoms with E-state index in [2.05, 4.69) is 9.31 Å². The van der Waals surface area contributed by atoms with E-state index in [-0.39, 0.29) is 5.82 Å². The first kappa shape index (κ1) is 9.10. The van der Waals surface area contributed by atoms with Crippen LogP contribution in [0.15, 0.2) is 0 Å². The Morgan fingerprint density at radius 1 is 1.08 bits per heavy atom. The van der Waals surface area contributed by atoms with E-state index < -0.39 is 7.12 Å². The molecule has 1 saturated carbocycles. The van der Waals surface area contributed by atoms with Crippen LogP contribution in [0.2, 0.25) is 5.82 Å². The van der Waals surface area contributed by atoms with Crippen molar-refractivity contribution in [1.82, 2.24) is 0 Å². The van der Waals surface area contributed by atoms with Gasteiger partial charge in [0.25, 0.3) is 12.9 Å². The third-order valence-corrected chi connectivity index (χ3v) is 2.16. The third kappa shape index (κ3) is 2.25. The molecule has 0 radical (unpaired) electrons. The van der Waals surface area contributed by atoms with Crippen LogP contribution in [0, 0.1) is 0 Å². The lowest BCUT2D eigenvalue weighted by atomic mass is 9.71. The van der Waals surface area contributed by atoms with Crippen molar-refractivity contribution in [3.63, 3.8) is 0 Å². The van der Waals surface area contributed by atoms with Gasteiger partial charge in [0.15, 0.2) is 0 Å². The summed E-state index contributed by atoms with van der Waals surface area (Å²) >= 11 is 0. The molecule has 0 spiro atoms. The Bertz CT molecular complexity index is 145. The first-order chi connectivity index (χ1) is 5.88. The molecule has 0 bridgehead atoms. The Morgan fingerprint density at radius 3 is 2.00 bits per heavy atom. The molecule has 1 aliphatic rings. The van der Waals surface area contributed by atoms with Gasteiger partial charge < -0.3 is 9.31 Å². The molecule has 0 saturated heterocycles. The molecule has 1 aliphatic carbocycles. The van der Waals surface area contributed by atoms with Gasteiger partial charge in [-0.1, -0.05) is 12.8 Å². The van der Waals surface area contributed by atoms with Crippen molar-refractivity contribution in [2.45, 2.75) is 31.5 Å². The van der Waals surface area contributed by atoms with E-state index in [0.717, 1.165) is 25.7 Å². The maximum absolute atomic E-state index is 10.0. The molecule has 0 aromatic rings. The summed E-state index contributed by atoms with van der Waals surface area (Å²) in [6.07, 6.45) is 4.16. The minimum atomic E-state index is -0.664. The zero-order valence-corrected chi connectivity index (χ0v) is 6.77. The quantitative estimate of drug-likeness (QED) is 0.451. The highest BCUT2D eigenvalue weighted by Crippen LogP contribution is 2.32. The molecule has 4 nitrogen and oxygen atoms in total. The lowest BCUT2D eigenvalue weighted by molar-refractivity contribution is -0.126. The molecule has 0 unspecified atom stereocenters. The van der Waals surface area contributed by atoms with Gasteiger partial charge in [0, 0.05) is 5.82 Å². The van der Waals surface area contributed by atoms with Crippen LogP contribution < -0.4 is 0 Å². The van der Waals surface area contributed by atoms with Crippen LogP contribution in [0.1, 0.15) is 25.7 Å². The molecule has 0 heterocycles. The fourth-order valence-electron chi connectivity index (χ4n) is 1.59. The van der Waals surface area contributed by atoms with Crippen molar-refractivity contribution < 1.29 is 18.9 Å². The summed E-state index contributed by atoms with van der Waals surface area (Å²) in [5.74, 6) is 0.195. The van der Waals surface area contributed by atoms with Crippen LogP contribution in [0.25, 0.3) is 0 Å². The molecule has 0 aromatic carbocycles. The molecule has 12 heavy (non-hydrogen) atoms. The van der Waals surface area contributed by atoms with E-state index in [1.54, 1.807) is 0 Å². The summed E-state index contributed by atoms with van der Waals surface area (Å²) in [7, 11) is -0.664. The second-order valence-electron chi connectivity index (χ2n) is 2.88. The second-order valence-corrected chi connectivity index (χ2v) is 2.88. The van der Waals surface area contributed by atoms with Crippen LogP contribution in [0.3, 0.4) is 0 Å². The summed E-state index contributed by atoms with van der Waals surface area (Å²) in [6, 6.07) is 0. The molecule has 66 valence electrons. The van der Waals surface area contributed by atoms with E-state index in [4.69, 9.17) is 0 Å². The Labute approximate surface area is 71.4 Å². The molecule has 0 N–H and O–H groups in total. The van der Waals surface area contributed by atoms with Crippen molar-refractivity contribution in [2.75, 3.05) is 0 Å². The predicted molar refractivity (Wildman–Crippen MR) is 42.3 cm³/mol. The SMILES string of the molecule is O=COB(OC=O)C1CCCC1. The smallest absolute Gasteiger partial charge is 0.501 e. The van der Waals surface area contributed by atoms with E-state index >= 15 is 0 Å². The van der Waals surface area contributed by atoms with Gasteiger partial charge in [-0.2, -0.15) is 0 Å². The van der Waals surface area contributed by atoms with Crippen molar-refractivity contribution >= 4 is 20.1 Å². The summed E-state index contributed by atoms with van der Waals surface area (Å²) in [6.45, 7) is 0.652. The highest BCUT2D eigenvalue weighted by Gasteiger charge is 2.35. The van der Waals surface area contributed by atoms with Gasteiger partial charge in [0.2, 0.25) is 0 Å². The van der Waals surface area contributed by atoms with Gasteiger partial charge in [-0.25, -0.2) is 0 Å². The third-order valence-electron chi connectivity index (χ3n) is 2.16. The minimum absolute atomic E-state index is 0.195. The zero-order chi connectivity index (χ0) is 8.81. The minimum Gasteiger partial charge on any atom is -0.501 e. The van der Waals surface area contributed by atoms with Crippen LogP contribution in [0.4, 0.5) is 0 Å². The Balaban J connectivity index is 2.38. The molecular weight excluding hydrogens is 159 g/mol. The molecule has 0 aliphatic heterocycles. The van der Waals surface area contributed by atoms with Gasteiger partial charge in [-0.05, 0) is 12.8 Å². The van der Waals surface area contributed by atoms with E-state index in [1.165, 1.54) is 0 Å². The number of carbonyl (C=O) groups is 2. The first-order valence-corrected chi connectivity index (χ1v) is 4.06. The van der Waals surface area contributed by atoms with E-state index in [1.807, 2.05) is 0 Å². The second kappa shape index (κ2) is 4.80. The van der Waals surface area contributed by atoms with Gasteiger partial charge in [-0.15, -0.1) is 0 Å². The standard InChI is InChI=1S/C7H11BO4/c9-5-11-8(12-6-10)7-3-1-2-4-7/h5-7H,1-4H2. The highest BCUT2D eigenvalue weighted by molar-refractivity contribution is 6.49. The largest absolute Gasteiger partial charge is 0.601 e. The monoisotopic (exact) mass is 170 g/mol. The average molecular weight is 170 g/mol. The molecule has 1 fully saturated rings. The van der Waals surface area contributed by atoms with Crippen molar-refractivity contribution in [3.8, 4) is 0 Å². The van der Waals surface area contributed by atoms with Crippen molar-refractivity contribution in [2.24, 2.45) is 0 Å². The van der Waals surface area contributed by atoms with E-state index in [0.29, 0.717) is 12.9 Å². The average Bonchev–Trinajstić information content (AvgIpc) is 2.56. The molecule has 0 atom stereocenters. The maximum Gasteiger partial charge on any atom is 0.601 e. The van der Waals surface area contributed by atoms with Gasteiger partial charge in [0.05, 0.1) is 0 Å². The molecule has 0 aromatic heterocycles. The van der Waals surface area contributed by atoms with Crippen LogP contribution >= 0.6 is 0 Å². The van der Waals surface area contributed by atoms with Gasteiger partial charge >= 0.3 is 7.12 Å². The summed E-state index contributed by atoms with van der Waals surface area (Å²) in [5, 5.41) is 0.